The minimum absolute atomic E-state index is 0.381. The lowest BCUT2D eigenvalue weighted by Gasteiger charge is -2.30. The number of benzene rings is 1. The minimum atomic E-state index is 0.381. The summed E-state index contributed by atoms with van der Waals surface area (Å²) in [4.78, 5) is 15.5. The average molecular weight is 441 g/mol. The van der Waals surface area contributed by atoms with Crippen LogP contribution in [-0.2, 0) is 4.74 Å². The Morgan fingerprint density at radius 2 is 2.03 bits per heavy atom. The van der Waals surface area contributed by atoms with Crippen LogP contribution in [0.1, 0.15) is 29.7 Å². The molecule has 0 atom stereocenters. The van der Waals surface area contributed by atoms with Gasteiger partial charge in [0.05, 0.1) is 18.5 Å². The molecule has 1 fully saturated rings. The number of ether oxygens (including phenoxy) is 1. The third-order valence-electron chi connectivity index (χ3n) is 5.47. The smallest absolute Gasteiger partial charge is 0.291 e. The number of hydrogen-bond acceptors (Lipinski definition) is 7. The molecule has 166 valence electrons. The zero-order valence-corrected chi connectivity index (χ0v) is 19.8. The third kappa shape index (κ3) is 5.98. The summed E-state index contributed by atoms with van der Waals surface area (Å²) in [5, 5.41) is 3.53. The Bertz CT molecular complexity index is 924. The maximum absolute atomic E-state index is 5.47. The molecule has 0 radical (unpaired) electrons. The molecule has 0 spiro atoms. The zero-order chi connectivity index (χ0) is 22.2. The van der Waals surface area contributed by atoms with Crippen molar-refractivity contribution in [1.29, 1.82) is 0 Å². The van der Waals surface area contributed by atoms with E-state index in [1.807, 2.05) is 42.1 Å². The molecule has 0 saturated carbocycles. The van der Waals surface area contributed by atoms with Gasteiger partial charge in [-0.2, -0.15) is 0 Å². The predicted octanol–water partition coefficient (Wildman–Crippen LogP) is 4.00. The van der Waals surface area contributed by atoms with Crippen LogP contribution in [0.4, 0.5) is 5.95 Å². The van der Waals surface area contributed by atoms with Gasteiger partial charge in [0.1, 0.15) is 0 Å². The van der Waals surface area contributed by atoms with Crippen molar-refractivity contribution in [3.63, 3.8) is 0 Å². The predicted molar refractivity (Wildman–Crippen MR) is 131 cm³/mol. The van der Waals surface area contributed by atoms with Gasteiger partial charge in [-0.3, -0.25) is 9.21 Å². The first-order chi connectivity index (χ1) is 15.0. The first-order valence-corrected chi connectivity index (χ1v) is 11.6. The average Bonchev–Trinajstić information content (AvgIpc) is 2.80. The molecule has 3 rings (SSSR count). The fourth-order valence-electron chi connectivity index (χ4n) is 3.66. The van der Waals surface area contributed by atoms with Crippen molar-refractivity contribution in [3.05, 3.63) is 53.3 Å². The largest absolute Gasteiger partial charge is 0.468 e. The summed E-state index contributed by atoms with van der Waals surface area (Å²) >= 11 is 1.81. The highest BCUT2D eigenvalue weighted by atomic mass is 32.2. The van der Waals surface area contributed by atoms with Crippen molar-refractivity contribution >= 4 is 35.7 Å². The van der Waals surface area contributed by atoms with Gasteiger partial charge in [0.15, 0.2) is 0 Å². The van der Waals surface area contributed by atoms with Gasteiger partial charge in [-0.15, -0.1) is 0 Å². The lowest BCUT2D eigenvalue weighted by molar-refractivity contribution is 0.346. The van der Waals surface area contributed by atoms with Gasteiger partial charge < -0.3 is 10.1 Å². The van der Waals surface area contributed by atoms with Crippen LogP contribution in [-0.4, -0.2) is 71.8 Å². The molecule has 2 heterocycles. The van der Waals surface area contributed by atoms with Crippen LogP contribution in [0, 0.1) is 6.92 Å². The number of nitrogens with zero attached hydrogens (tertiary/aromatic N) is 5. The Morgan fingerprint density at radius 3 is 2.68 bits per heavy atom. The highest BCUT2D eigenvalue weighted by Crippen LogP contribution is 2.24. The van der Waals surface area contributed by atoms with Crippen LogP contribution in [0.5, 0.6) is 0 Å². The molecule has 1 aliphatic heterocycles. The quantitative estimate of drug-likeness (QED) is 0.414. The van der Waals surface area contributed by atoms with Gasteiger partial charge in [-0.25, -0.2) is 15.0 Å². The molecule has 1 aromatic heterocycles. The summed E-state index contributed by atoms with van der Waals surface area (Å²) in [6.45, 7) is 4.25. The van der Waals surface area contributed by atoms with Gasteiger partial charge >= 0.3 is 0 Å². The summed E-state index contributed by atoms with van der Waals surface area (Å²) < 4.78 is 7.87. The van der Waals surface area contributed by atoms with E-state index in [1.165, 1.54) is 5.56 Å². The van der Waals surface area contributed by atoms with Crippen molar-refractivity contribution < 1.29 is 4.74 Å². The number of aryl methyl sites for hydroxylation is 1. The van der Waals surface area contributed by atoms with E-state index in [4.69, 9.17) is 9.72 Å². The van der Waals surface area contributed by atoms with E-state index in [9.17, 15) is 0 Å². The number of rotatable bonds is 6. The molecule has 1 N–H and O–H groups in total. The van der Waals surface area contributed by atoms with Crippen LogP contribution in [0.2, 0.25) is 0 Å². The second-order valence-electron chi connectivity index (χ2n) is 7.45. The van der Waals surface area contributed by atoms with Gasteiger partial charge in [0.25, 0.3) is 6.02 Å². The molecule has 1 aliphatic rings. The number of aliphatic imine (C=N–C) groups is 1. The Hall–Kier alpha value is -2.58. The number of hydrogen-bond donors (Lipinski definition) is 1. The van der Waals surface area contributed by atoms with Crippen molar-refractivity contribution in [3.8, 4) is 0 Å². The highest BCUT2D eigenvalue weighted by Gasteiger charge is 2.20. The van der Waals surface area contributed by atoms with E-state index in [-0.39, 0.29) is 0 Å². The summed E-state index contributed by atoms with van der Waals surface area (Å²) in [5.74, 6) is 0.650. The van der Waals surface area contributed by atoms with Gasteiger partial charge in [-0.1, -0.05) is 36.2 Å². The summed E-state index contributed by atoms with van der Waals surface area (Å²) in [6.07, 6.45) is 8.21. The zero-order valence-electron chi connectivity index (χ0n) is 19.0. The van der Waals surface area contributed by atoms with E-state index in [0.717, 1.165) is 42.9 Å². The SMILES string of the molecule is CN=C(OC)N(C)/C(=C/c1ccccc1C)c1ccnc(NC2CCN(SC)CC2)n1. The second-order valence-corrected chi connectivity index (χ2v) is 8.33. The van der Waals surface area contributed by atoms with Crippen LogP contribution in [0.25, 0.3) is 11.8 Å². The second kappa shape index (κ2) is 11.2. The minimum Gasteiger partial charge on any atom is -0.468 e. The fourth-order valence-corrected chi connectivity index (χ4v) is 4.23. The Labute approximate surface area is 189 Å². The molecule has 1 aromatic carbocycles. The summed E-state index contributed by atoms with van der Waals surface area (Å²) in [5.41, 5.74) is 4.00. The molecule has 31 heavy (non-hydrogen) atoms. The van der Waals surface area contributed by atoms with Crippen molar-refractivity contribution in [2.45, 2.75) is 25.8 Å². The van der Waals surface area contributed by atoms with Crippen molar-refractivity contribution in [1.82, 2.24) is 19.2 Å². The molecule has 8 heteroatoms. The van der Waals surface area contributed by atoms with Crippen LogP contribution in [0.3, 0.4) is 0 Å². The molecule has 0 aliphatic carbocycles. The number of anilines is 1. The Kier molecular flexibility index (Phi) is 8.31. The molecule has 1 saturated heterocycles. The Morgan fingerprint density at radius 1 is 1.29 bits per heavy atom. The van der Waals surface area contributed by atoms with Crippen molar-refractivity contribution in [2.24, 2.45) is 4.99 Å². The third-order valence-corrected chi connectivity index (χ3v) is 6.35. The molecule has 7 nitrogen and oxygen atoms in total. The molecule has 0 unspecified atom stereocenters. The van der Waals surface area contributed by atoms with E-state index in [2.05, 4.69) is 51.0 Å². The molecular formula is C23H32N6OS. The fraction of sp³-hybridized carbons (Fsp3) is 0.435. The maximum Gasteiger partial charge on any atom is 0.291 e. The van der Waals surface area contributed by atoms with E-state index >= 15 is 0 Å². The molecule has 0 amide bonds. The number of amidine groups is 1. The number of nitrogens with one attached hydrogen (secondary N) is 1. The standard InChI is InChI=1S/C23H32N6OS/c1-17-8-6-7-9-18(17)16-21(28(3)23(24-2)30-4)20-10-13-25-22(27-20)26-19-11-14-29(31-5)15-12-19/h6-10,13,16,19H,11-12,14-15H2,1-5H3,(H,25,26,27)/b21-16+,24-23?. The van der Waals surface area contributed by atoms with Crippen LogP contribution >= 0.6 is 11.9 Å². The Balaban J connectivity index is 1.91. The van der Waals surface area contributed by atoms with Crippen molar-refractivity contribution in [2.75, 3.05) is 45.9 Å². The number of piperidine rings is 1. The topological polar surface area (TPSA) is 65.9 Å². The highest BCUT2D eigenvalue weighted by molar-refractivity contribution is 7.96. The van der Waals surface area contributed by atoms with E-state index in [0.29, 0.717) is 18.0 Å². The number of methoxy groups -OCH3 is 1. The van der Waals surface area contributed by atoms with Gasteiger partial charge in [0, 0.05) is 39.4 Å². The van der Waals surface area contributed by atoms with Gasteiger partial charge in [0.2, 0.25) is 5.95 Å². The van der Waals surface area contributed by atoms with E-state index < -0.39 is 0 Å². The van der Waals surface area contributed by atoms with E-state index in [1.54, 1.807) is 20.4 Å². The molecule has 2 aromatic rings. The first kappa shape index (κ1) is 23.1. The van der Waals surface area contributed by atoms with Gasteiger partial charge in [-0.05, 0) is 49.3 Å². The first-order valence-electron chi connectivity index (χ1n) is 10.5. The lowest BCUT2D eigenvalue weighted by atomic mass is 10.1. The summed E-state index contributed by atoms with van der Waals surface area (Å²) in [7, 11) is 5.27. The summed E-state index contributed by atoms with van der Waals surface area (Å²) in [6, 6.07) is 11.1. The monoisotopic (exact) mass is 440 g/mol. The van der Waals surface area contributed by atoms with Crippen LogP contribution in [0.15, 0.2) is 41.5 Å². The number of aromatic nitrogens is 2. The van der Waals surface area contributed by atoms with Crippen LogP contribution < -0.4 is 5.32 Å². The maximum atomic E-state index is 5.47. The lowest BCUT2D eigenvalue weighted by Crippen LogP contribution is -2.35. The normalized spacial score (nSPS) is 16.3. The molecule has 0 bridgehead atoms. The molecular weight excluding hydrogens is 408 g/mol.